The van der Waals surface area contributed by atoms with Crippen LogP contribution in [0.5, 0.6) is 0 Å². The van der Waals surface area contributed by atoms with Crippen LogP contribution in [0.1, 0.15) is 11.1 Å². The van der Waals surface area contributed by atoms with Crippen LogP contribution in [0.2, 0.25) is 5.15 Å². The number of nitrogens with one attached hydrogen (secondary N) is 1. The Morgan fingerprint density at radius 3 is 2.70 bits per heavy atom. The van der Waals surface area contributed by atoms with Crippen molar-refractivity contribution in [2.75, 3.05) is 5.32 Å². The number of halogens is 2. The van der Waals surface area contributed by atoms with E-state index in [0.29, 0.717) is 22.9 Å². The van der Waals surface area contributed by atoms with E-state index in [1.807, 2.05) is 0 Å². The molecule has 0 atom stereocenters. The Bertz CT molecular complexity index is 616. The van der Waals surface area contributed by atoms with Crippen LogP contribution in [0.4, 0.5) is 10.1 Å². The van der Waals surface area contributed by atoms with E-state index >= 15 is 0 Å². The number of pyridine rings is 1. The summed E-state index contributed by atoms with van der Waals surface area (Å²) in [7, 11) is 0. The predicted molar refractivity (Wildman–Crippen MR) is 75.9 cm³/mol. The number of primary amides is 1. The van der Waals surface area contributed by atoms with E-state index in [1.54, 1.807) is 18.2 Å². The number of amides is 1. The van der Waals surface area contributed by atoms with Crippen LogP contribution >= 0.6 is 11.6 Å². The number of carbonyl (C=O) groups excluding carboxylic acids is 1. The van der Waals surface area contributed by atoms with Crippen LogP contribution in [0, 0.1) is 5.82 Å². The van der Waals surface area contributed by atoms with Crippen LogP contribution < -0.4 is 11.1 Å². The van der Waals surface area contributed by atoms with Crippen molar-refractivity contribution in [2.24, 2.45) is 5.73 Å². The minimum Gasteiger partial charge on any atom is -0.381 e. The molecule has 3 N–H and O–H groups in total. The summed E-state index contributed by atoms with van der Waals surface area (Å²) in [6, 6.07) is 7.77. The van der Waals surface area contributed by atoms with Crippen molar-refractivity contribution in [3.05, 3.63) is 58.6 Å². The number of nitrogens with two attached hydrogens (primary N) is 1. The van der Waals surface area contributed by atoms with Crippen LogP contribution in [0.15, 0.2) is 36.5 Å². The second-order valence-corrected chi connectivity index (χ2v) is 4.67. The first-order valence-corrected chi connectivity index (χ1v) is 6.33. The van der Waals surface area contributed by atoms with E-state index in [-0.39, 0.29) is 12.2 Å². The zero-order chi connectivity index (χ0) is 14.5. The fourth-order valence-corrected chi connectivity index (χ4v) is 1.91. The lowest BCUT2D eigenvalue weighted by atomic mass is 10.1. The molecule has 0 aliphatic carbocycles. The number of hydrogen-bond donors (Lipinski definition) is 2. The standard InChI is InChI=1S/C14H13ClFN3O/c15-13-6-12(10(8-19-13)5-14(17)20)18-7-9-1-3-11(16)4-2-9/h1-4,6,8H,5,7H2,(H2,17,20)(H,18,19). The minimum atomic E-state index is -0.445. The van der Waals surface area contributed by atoms with Gasteiger partial charge in [0.2, 0.25) is 5.91 Å². The van der Waals surface area contributed by atoms with Gasteiger partial charge in [0.15, 0.2) is 0 Å². The van der Waals surface area contributed by atoms with Crippen molar-refractivity contribution in [1.82, 2.24) is 4.98 Å². The van der Waals surface area contributed by atoms with Crippen molar-refractivity contribution in [3.8, 4) is 0 Å². The number of anilines is 1. The Morgan fingerprint density at radius 2 is 2.05 bits per heavy atom. The Kier molecular flexibility index (Phi) is 4.53. The van der Waals surface area contributed by atoms with Gasteiger partial charge in [-0.2, -0.15) is 0 Å². The normalized spacial score (nSPS) is 10.3. The lowest BCUT2D eigenvalue weighted by molar-refractivity contribution is -0.117. The molecule has 0 aliphatic heterocycles. The average Bonchev–Trinajstić information content (AvgIpc) is 2.40. The maximum atomic E-state index is 12.8. The van der Waals surface area contributed by atoms with Gasteiger partial charge in [-0.15, -0.1) is 0 Å². The number of hydrogen-bond acceptors (Lipinski definition) is 3. The van der Waals surface area contributed by atoms with E-state index in [1.165, 1.54) is 18.3 Å². The molecular formula is C14H13ClFN3O. The van der Waals surface area contributed by atoms with Crippen LogP contribution in [-0.4, -0.2) is 10.9 Å². The van der Waals surface area contributed by atoms with E-state index in [9.17, 15) is 9.18 Å². The third kappa shape index (κ3) is 3.93. The lowest BCUT2D eigenvalue weighted by Crippen LogP contribution is -2.15. The van der Waals surface area contributed by atoms with Crippen LogP contribution in [-0.2, 0) is 17.8 Å². The lowest BCUT2D eigenvalue weighted by Gasteiger charge is -2.11. The summed E-state index contributed by atoms with van der Waals surface area (Å²) in [5.74, 6) is -0.728. The topological polar surface area (TPSA) is 68.0 Å². The zero-order valence-corrected chi connectivity index (χ0v) is 11.3. The van der Waals surface area contributed by atoms with Gasteiger partial charge in [0.25, 0.3) is 0 Å². The SMILES string of the molecule is NC(=O)Cc1cnc(Cl)cc1NCc1ccc(F)cc1. The summed E-state index contributed by atoms with van der Waals surface area (Å²) in [6.45, 7) is 0.479. The van der Waals surface area contributed by atoms with Gasteiger partial charge in [-0.1, -0.05) is 23.7 Å². The van der Waals surface area contributed by atoms with Crippen molar-refractivity contribution in [2.45, 2.75) is 13.0 Å². The monoisotopic (exact) mass is 293 g/mol. The molecule has 0 radical (unpaired) electrons. The number of nitrogens with zero attached hydrogens (tertiary/aromatic N) is 1. The minimum absolute atomic E-state index is 0.0793. The zero-order valence-electron chi connectivity index (χ0n) is 10.6. The Hall–Kier alpha value is -2.14. The Balaban J connectivity index is 2.13. The van der Waals surface area contributed by atoms with E-state index < -0.39 is 5.91 Å². The van der Waals surface area contributed by atoms with Crippen LogP contribution in [0.25, 0.3) is 0 Å². The van der Waals surface area contributed by atoms with Gasteiger partial charge in [0.05, 0.1) is 6.42 Å². The molecule has 1 heterocycles. The molecule has 104 valence electrons. The van der Waals surface area contributed by atoms with Crippen LogP contribution in [0.3, 0.4) is 0 Å². The van der Waals surface area contributed by atoms with Gasteiger partial charge >= 0.3 is 0 Å². The molecule has 0 unspecified atom stereocenters. The first-order valence-electron chi connectivity index (χ1n) is 5.95. The van der Waals surface area contributed by atoms with E-state index in [0.717, 1.165) is 5.56 Å². The summed E-state index contributed by atoms with van der Waals surface area (Å²) in [4.78, 5) is 14.9. The molecule has 1 aromatic heterocycles. The Morgan fingerprint density at radius 1 is 1.35 bits per heavy atom. The number of aromatic nitrogens is 1. The van der Waals surface area contributed by atoms with Gasteiger partial charge in [0.1, 0.15) is 11.0 Å². The van der Waals surface area contributed by atoms with Crippen molar-refractivity contribution >= 4 is 23.2 Å². The second kappa shape index (κ2) is 6.34. The maximum Gasteiger partial charge on any atom is 0.221 e. The van der Waals surface area contributed by atoms with Crippen molar-refractivity contribution < 1.29 is 9.18 Å². The largest absolute Gasteiger partial charge is 0.381 e. The van der Waals surface area contributed by atoms with E-state index in [2.05, 4.69) is 10.3 Å². The summed E-state index contributed by atoms with van der Waals surface area (Å²) in [6.07, 6.45) is 1.59. The molecule has 0 saturated carbocycles. The summed E-state index contributed by atoms with van der Waals surface area (Å²) in [5, 5.41) is 3.46. The van der Waals surface area contributed by atoms with Gasteiger partial charge in [-0.05, 0) is 23.8 Å². The first-order chi connectivity index (χ1) is 9.54. The molecule has 0 spiro atoms. The second-order valence-electron chi connectivity index (χ2n) is 4.29. The number of rotatable bonds is 5. The third-order valence-corrected chi connectivity index (χ3v) is 2.92. The quantitative estimate of drug-likeness (QED) is 0.832. The molecule has 4 nitrogen and oxygen atoms in total. The molecule has 1 amide bonds. The summed E-state index contributed by atoms with van der Waals surface area (Å²) in [5.41, 5.74) is 7.45. The molecule has 20 heavy (non-hydrogen) atoms. The first kappa shape index (κ1) is 14.3. The fraction of sp³-hybridized carbons (Fsp3) is 0.143. The summed E-state index contributed by atoms with van der Waals surface area (Å²) < 4.78 is 12.8. The molecule has 0 aliphatic rings. The van der Waals surface area contributed by atoms with Crippen molar-refractivity contribution in [1.29, 1.82) is 0 Å². The highest BCUT2D eigenvalue weighted by Gasteiger charge is 2.07. The molecule has 2 rings (SSSR count). The van der Waals surface area contributed by atoms with Gasteiger partial charge in [-0.25, -0.2) is 9.37 Å². The smallest absolute Gasteiger partial charge is 0.221 e. The number of benzene rings is 1. The maximum absolute atomic E-state index is 12.8. The van der Waals surface area contributed by atoms with Crippen molar-refractivity contribution in [3.63, 3.8) is 0 Å². The molecular weight excluding hydrogens is 281 g/mol. The Labute approximate surface area is 120 Å². The van der Waals surface area contributed by atoms with Gasteiger partial charge in [0, 0.05) is 24.0 Å². The fourth-order valence-electron chi connectivity index (χ4n) is 1.75. The number of carbonyl (C=O) groups is 1. The molecule has 1 aromatic carbocycles. The molecule has 2 aromatic rings. The van der Waals surface area contributed by atoms with Gasteiger partial charge < -0.3 is 11.1 Å². The molecule has 0 bridgehead atoms. The highest BCUT2D eigenvalue weighted by atomic mass is 35.5. The molecule has 0 fully saturated rings. The third-order valence-electron chi connectivity index (χ3n) is 2.71. The molecule has 6 heteroatoms. The summed E-state index contributed by atoms with van der Waals surface area (Å²) >= 11 is 5.84. The predicted octanol–water partition coefficient (Wildman–Crippen LogP) is 2.51. The molecule has 0 saturated heterocycles. The highest BCUT2D eigenvalue weighted by molar-refractivity contribution is 6.29. The average molecular weight is 294 g/mol. The van der Waals surface area contributed by atoms with E-state index in [4.69, 9.17) is 17.3 Å². The van der Waals surface area contributed by atoms with Gasteiger partial charge in [-0.3, -0.25) is 4.79 Å². The highest BCUT2D eigenvalue weighted by Crippen LogP contribution is 2.20.